The first-order chi connectivity index (χ1) is 10.3. The molecule has 2 rings (SSSR count). The van der Waals surface area contributed by atoms with Gasteiger partial charge in [0, 0.05) is 11.6 Å². The van der Waals surface area contributed by atoms with E-state index in [0.29, 0.717) is 16.3 Å². The average Bonchev–Trinajstić information content (AvgIpc) is 2.91. The van der Waals surface area contributed by atoms with Crippen molar-refractivity contribution in [2.45, 2.75) is 16.8 Å². The van der Waals surface area contributed by atoms with E-state index in [1.807, 2.05) is 0 Å². The van der Waals surface area contributed by atoms with Gasteiger partial charge in [0.1, 0.15) is 11.9 Å². The van der Waals surface area contributed by atoms with E-state index in [1.165, 1.54) is 17.4 Å². The lowest BCUT2D eigenvalue weighted by molar-refractivity contribution is 0.248. The molecule has 2 N–H and O–H groups in total. The zero-order valence-electron chi connectivity index (χ0n) is 11.2. The van der Waals surface area contributed by atoms with E-state index in [-0.39, 0.29) is 0 Å². The standard InChI is InChI=1S/C13H11Cl3FN3OS/c1-7-2-3-8(6-9(7)17)10(13(14,15)16)19-11(21)20-12-18-4-5-22-12/h2-6,10H,1H3,(H2,18,19,20,21). The molecule has 0 fully saturated rings. The first-order valence-electron chi connectivity index (χ1n) is 6.07. The van der Waals surface area contributed by atoms with Crippen molar-refractivity contribution in [1.29, 1.82) is 0 Å². The van der Waals surface area contributed by atoms with Gasteiger partial charge in [-0.2, -0.15) is 0 Å². The maximum absolute atomic E-state index is 13.7. The van der Waals surface area contributed by atoms with Gasteiger partial charge >= 0.3 is 6.03 Å². The summed E-state index contributed by atoms with van der Waals surface area (Å²) >= 11 is 19.0. The molecule has 2 amide bonds. The molecule has 0 aliphatic rings. The molecule has 1 aromatic heterocycles. The molecular formula is C13H11Cl3FN3OS. The summed E-state index contributed by atoms with van der Waals surface area (Å²) in [7, 11) is 0. The molecule has 1 heterocycles. The number of nitrogens with zero attached hydrogens (tertiary/aromatic N) is 1. The zero-order chi connectivity index (χ0) is 16.3. The number of urea groups is 1. The van der Waals surface area contributed by atoms with Gasteiger partial charge in [-0.05, 0) is 24.1 Å². The fraction of sp³-hybridized carbons (Fsp3) is 0.231. The molecule has 0 bridgehead atoms. The number of benzene rings is 1. The minimum Gasteiger partial charge on any atom is -0.327 e. The van der Waals surface area contributed by atoms with Crippen LogP contribution in [0, 0.1) is 12.7 Å². The van der Waals surface area contributed by atoms with Crippen LogP contribution in [0.5, 0.6) is 0 Å². The summed E-state index contributed by atoms with van der Waals surface area (Å²) in [4.78, 5) is 15.9. The number of aryl methyl sites for hydroxylation is 1. The summed E-state index contributed by atoms with van der Waals surface area (Å²) in [5, 5.41) is 7.12. The summed E-state index contributed by atoms with van der Waals surface area (Å²) in [6.07, 6.45) is 1.54. The number of halogens is 4. The second-order valence-corrected chi connectivity index (χ2v) is 7.68. The molecular weight excluding hydrogens is 372 g/mol. The second-order valence-electron chi connectivity index (χ2n) is 4.42. The number of hydrogen-bond acceptors (Lipinski definition) is 3. The van der Waals surface area contributed by atoms with Gasteiger partial charge in [0.05, 0.1) is 0 Å². The number of hydrogen-bond donors (Lipinski definition) is 2. The minimum absolute atomic E-state index is 0.345. The summed E-state index contributed by atoms with van der Waals surface area (Å²) in [6.45, 7) is 1.62. The first-order valence-corrected chi connectivity index (χ1v) is 8.08. The van der Waals surface area contributed by atoms with Gasteiger partial charge in [-0.15, -0.1) is 11.3 Å². The Morgan fingerprint density at radius 3 is 2.68 bits per heavy atom. The Bertz CT molecular complexity index is 661. The molecule has 0 aliphatic carbocycles. The van der Waals surface area contributed by atoms with E-state index in [9.17, 15) is 9.18 Å². The molecule has 1 unspecified atom stereocenters. The van der Waals surface area contributed by atoms with E-state index >= 15 is 0 Å². The molecule has 0 saturated carbocycles. The van der Waals surface area contributed by atoms with Crippen molar-refractivity contribution in [3.8, 4) is 0 Å². The number of aromatic nitrogens is 1. The Kier molecular flexibility index (Phi) is 5.50. The van der Waals surface area contributed by atoms with Crippen LogP contribution >= 0.6 is 46.1 Å². The van der Waals surface area contributed by atoms with Crippen LogP contribution in [0.4, 0.5) is 14.3 Å². The van der Waals surface area contributed by atoms with Crippen molar-refractivity contribution in [3.05, 3.63) is 46.7 Å². The number of carbonyl (C=O) groups is 1. The highest BCUT2D eigenvalue weighted by Gasteiger charge is 2.35. The largest absolute Gasteiger partial charge is 0.327 e. The Labute approximate surface area is 145 Å². The Morgan fingerprint density at radius 2 is 2.14 bits per heavy atom. The second kappa shape index (κ2) is 7.00. The summed E-state index contributed by atoms with van der Waals surface area (Å²) in [5.41, 5.74) is 0.802. The summed E-state index contributed by atoms with van der Waals surface area (Å²) in [6, 6.07) is 2.74. The van der Waals surface area contributed by atoms with E-state index in [4.69, 9.17) is 34.8 Å². The topological polar surface area (TPSA) is 54.0 Å². The van der Waals surface area contributed by atoms with Crippen LogP contribution < -0.4 is 10.6 Å². The highest BCUT2D eigenvalue weighted by Crippen LogP contribution is 2.40. The molecule has 4 nitrogen and oxygen atoms in total. The number of anilines is 1. The van der Waals surface area contributed by atoms with E-state index in [2.05, 4.69) is 15.6 Å². The van der Waals surface area contributed by atoms with E-state index < -0.39 is 21.7 Å². The van der Waals surface area contributed by atoms with Crippen molar-refractivity contribution < 1.29 is 9.18 Å². The molecule has 0 spiro atoms. The SMILES string of the molecule is Cc1ccc(C(NC(=O)Nc2nccs2)C(Cl)(Cl)Cl)cc1F. The number of amides is 2. The highest BCUT2D eigenvalue weighted by atomic mass is 35.6. The highest BCUT2D eigenvalue weighted by molar-refractivity contribution is 7.13. The van der Waals surface area contributed by atoms with E-state index in [1.54, 1.807) is 30.6 Å². The monoisotopic (exact) mass is 381 g/mol. The van der Waals surface area contributed by atoms with Crippen LogP contribution in [0.2, 0.25) is 0 Å². The van der Waals surface area contributed by atoms with Gasteiger partial charge < -0.3 is 5.32 Å². The van der Waals surface area contributed by atoms with Crippen LogP contribution in [-0.2, 0) is 0 Å². The van der Waals surface area contributed by atoms with Gasteiger partial charge in [-0.1, -0.05) is 46.9 Å². The smallest absolute Gasteiger partial charge is 0.321 e. The van der Waals surface area contributed by atoms with Crippen LogP contribution in [0.3, 0.4) is 0 Å². The predicted octanol–water partition coefficient (Wildman–Crippen LogP) is 4.82. The lowest BCUT2D eigenvalue weighted by Gasteiger charge is -2.26. The zero-order valence-corrected chi connectivity index (χ0v) is 14.3. The first kappa shape index (κ1) is 17.3. The molecule has 1 aromatic carbocycles. The van der Waals surface area contributed by atoms with Crippen molar-refractivity contribution in [2.75, 3.05) is 5.32 Å². The molecule has 118 valence electrons. The van der Waals surface area contributed by atoms with Gasteiger partial charge in [-0.25, -0.2) is 14.2 Å². The van der Waals surface area contributed by atoms with Crippen molar-refractivity contribution in [3.63, 3.8) is 0 Å². The number of rotatable bonds is 3. The molecule has 0 aliphatic heterocycles. The Morgan fingerprint density at radius 1 is 1.41 bits per heavy atom. The summed E-state index contributed by atoms with van der Waals surface area (Å²) in [5.74, 6) is -0.445. The maximum Gasteiger partial charge on any atom is 0.321 e. The van der Waals surface area contributed by atoms with Gasteiger partial charge in [0.2, 0.25) is 3.79 Å². The predicted molar refractivity (Wildman–Crippen MR) is 88.4 cm³/mol. The minimum atomic E-state index is -1.85. The third kappa shape index (κ3) is 4.46. The third-order valence-corrected chi connectivity index (χ3v) is 4.13. The van der Waals surface area contributed by atoms with Gasteiger partial charge in [-0.3, -0.25) is 5.32 Å². The van der Waals surface area contributed by atoms with Crippen molar-refractivity contribution >= 4 is 57.3 Å². The number of carbonyl (C=O) groups excluding carboxylic acids is 1. The van der Waals surface area contributed by atoms with Gasteiger partial charge in [0.25, 0.3) is 0 Å². The fourth-order valence-corrected chi connectivity index (χ4v) is 2.76. The third-order valence-electron chi connectivity index (χ3n) is 2.78. The average molecular weight is 383 g/mol. The van der Waals surface area contributed by atoms with Crippen LogP contribution in [-0.4, -0.2) is 14.8 Å². The molecule has 1 atom stereocenters. The molecule has 0 saturated heterocycles. The molecule has 2 aromatic rings. The normalized spacial score (nSPS) is 12.8. The van der Waals surface area contributed by atoms with Gasteiger partial charge in [0.15, 0.2) is 5.13 Å². The van der Waals surface area contributed by atoms with Crippen molar-refractivity contribution in [2.24, 2.45) is 0 Å². The Balaban J connectivity index is 2.19. The lowest BCUT2D eigenvalue weighted by atomic mass is 10.1. The number of alkyl halides is 3. The number of nitrogens with one attached hydrogen (secondary N) is 2. The Hall–Kier alpha value is -1.08. The summed E-state index contributed by atoms with van der Waals surface area (Å²) < 4.78 is 11.9. The molecule has 0 radical (unpaired) electrons. The lowest BCUT2D eigenvalue weighted by Crippen LogP contribution is -2.39. The van der Waals surface area contributed by atoms with Crippen LogP contribution in [0.25, 0.3) is 0 Å². The van der Waals surface area contributed by atoms with Crippen LogP contribution in [0.15, 0.2) is 29.8 Å². The molecule has 9 heteroatoms. The van der Waals surface area contributed by atoms with Crippen LogP contribution in [0.1, 0.15) is 17.2 Å². The fourth-order valence-electron chi connectivity index (χ4n) is 1.69. The quantitative estimate of drug-likeness (QED) is 0.748. The maximum atomic E-state index is 13.7. The number of thiazole rings is 1. The van der Waals surface area contributed by atoms with Crippen molar-refractivity contribution in [1.82, 2.24) is 10.3 Å². The molecule has 22 heavy (non-hydrogen) atoms. The van der Waals surface area contributed by atoms with E-state index in [0.717, 1.165) is 0 Å².